The maximum atomic E-state index is 12.6. The second-order valence-electron chi connectivity index (χ2n) is 6.95. The molecule has 0 radical (unpaired) electrons. The highest BCUT2D eigenvalue weighted by atomic mass is 16.1. The molecule has 0 unspecified atom stereocenters. The van der Waals surface area contributed by atoms with E-state index in [4.69, 9.17) is 0 Å². The zero-order valence-corrected chi connectivity index (χ0v) is 15.6. The van der Waals surface area contributed by atoms with Crippen molar-refractivity contribution < 1.29 is 4.79 Å². The monoisotopic (exact) mass is 349 g/mol. The highest BCUT2D eigenvalue weighted by molar-refractivity contribution is 6.05. The van der Waals surface area contributed by atoms with Crippen LogP contribution in [0.1, 0.15) is 53.6 Å². The zero-order valence-electron chi connectivity index (χ0n) is 15.6. The first kappa shape index (κ1) is 18.2. The number of carbonyl (C=O) groups is 1. The lowest BCUT2D eigenvalue weighted by atomic mass is 9.97. The molecule has 0 saturated carbocycles. The molecule has 4 nitrogen and oxygen atoms in total. The normalized spacial score (nSPS) is 13.8. The molecular formula is C22H27N3O. The standard InChI is InChI=1S/C22H27N3O/c1-16-7-6-10-21(17(16)2)25-22(26)19-13-20(15-23-14-19)24-12-11-18-8-4-3-5-9-18/h6-8,10,13-15,24H,3-5,9,11-12H2,1-2H3,(H,25,26). The highest BCUT2D eigenvalue weighted by Gasteiger charge is 2.10. The van der Waals surface area contributed by atoms with Gasteiger partial charge < -0.3 is 10.6 Å². The van der Waals surface area contributed by atoms with Gasteiger partial charge in [-0.2, -0.15) is 0 Å². The van der Waals surface area contributed by atoms with E-state index >= 15 is 0 Å². The van der Waals surface area contributed by atoms with E-state index in [0.717, 1.165) is 35.5 Å². The lowest BCUT2D eigenvalue weighted by Gasteiger charge is -2.14. The van der Waals surface area contributed by atoms with E-state index in [2.05, 4.69) is 21.7 Å². The molecule has 2 aromatic rings. The predicted molar refractivity (Wildman–Crippen MR) is 108 cm³/mol. The Morgan fingerprint density at radius 3 is 2.88 bits per heavy atom. The Morgan fingerprint density at radius 1 is 1.19 bits per heavy atom. The van der Waals surface area contributed by atoms with E-state index < -0.39 is 0 Å². The first-order valence-electron chi connectivity index (χ1n) is 9.38. The van der Waals surface area contributed by atoms with Crippen molar-refractivity contribution in [1.29, 1.82) is 0 Å². The van der Waals surface area contributed by atoms with Crippen molar-refractivity contribution in [2.45, 2.75) is 46.0 Å². The molecule has 0 bridgehead atoms. The summed E-state index contributed by atoms with van der Waals surface area (Å²) >= 11 is 0. The van der Waals surface area contributed by atoms with E-state index in [0.29, 0.717) is 5.56 Å². The van der Waals surface area contributed by atoms with Gasteiger partial charge in [0, 0.05) is 24.6 Å². The summed E-state index contributed by atoms with van der Waals surface area (Å²) in [5.74, 6) is -0.134. The first-order valence-corrected chi connectivity index (χ1v) is 9.38. The van der Waals surface area contributed by atoms with E-state index in [1.165, 1.54) is 25.7 Å². The molecule has 136 valence electrons. The Balaban J connectivity index is 1.60. The largest absolute Gasteiger partial charge is 0.383 e. The van der Waals surface area contributed by atoms with Gasteiger partial charge in [-0.15, -0.1) is 0 Å². The van der Waals surface area contributed by atoms with Crippen LogP contribution >= 0.6 is 0 Å². The summed E-state index contributed by atoms with van der Waals surface area (Å²) in [7, 11) is 0. The van der Waals surface area contributed by atoms with Gasteiger partial charge in [-0.3, -0.25) is 9.78 Å². The van der Waals surface area contributed by atoms with Crippen LogP contribution in [0.4, 0.5) is 11.4 Å². The number of benzene rings is 1. The molecule has 3 rings (SSSR count). The third kappa shape index (κ3) is 4.72. The van der Waals surface area contributed by atoms with Crippen LogP contribution in [0, 0.1) is 13.8 Å². The molecule has 26 heavy (non-hydrogen) atoms. The maximum absolute atomic E-state index is 12.6. The minimum Gasteiger partial charge on any atom is -0.383 e. The van der Waals surface area contributed by atoms with E-state index in [9.17, 15) is 4.79 Å². The third-order valence-corrected chi connectivity index (χ3v) is 5.01. The lowest BCUT2D eigenvalue weighted by molar-refractivity contribution is 0.102. The quantitative estimate of drug-likeness (QED) is 0.700. The molecule has 1 aromatic carbocycles. The first-order chi connectivity index (χ1) is 12.6. The van der Waals surface area contributed by atoms with Crippen molar-refractivity contribution in [3.05, 3.63) is 65.0 Å². The van der Waals surface area contributed by atoms with Gasteiger partial charge in [0.25, 0.3) is 5.91 Å². The van der Waals surface area contributed by atoms with Crippen LogP contribution in [0.15, 0.2) is 48.3 Å². The van der Waals surface area contributed by atoms with Crippen LogP contribution in [0.25, 0.3) is 0 Å². The van der Waals surface area contributed by atoms with Crippen molar-refractivity contribution >= 4 is 17.3 Å². The number of nitrogens with zero attached hydrogens (tertiary/aromatic N) is 1. The van der Waals surface area contributed by atoms with Crippen LogP contribution in [0.5, 0.6) is 0 Å². The number of hydrogen-bond donors (Lipinski definition) is 2. The Bertz CT molecular complexity index is 811. The maximum Gasteiger partial charge on any atom is 0.257 e. The van der Waals surface area contributed by atoms with Gasteiger partial charge in [-0.05, 0) is 69.2 Å². The number of hydrogen-bond acceptors (Lipinski definition) is 3. The number of carbonyl (C=O) groups excluding carboxylic acids is 1. The molecule has 1 aliphatic carbocycles. The molecule has 0 saturated heterocycles. The third-order valence-electron chi connectivity index (χ3n) is 5.01. The lowest BCUT2D eigenvalue weighted by Crippen LogP contribution is -2.14. The van der Waals surface area contributed by atoms with E-state index in [1.807, 2.05) is 38.1 Å². The summed E-state index contributed by atoms with van der Waals surface area (Å²) in [6, 6.07) is 7.78. The summed E-state index contributed by atoms with van der Waals surface area (Å²) < 4.78 is 0. The summed E-state index contributed by atoms with van der Waals surface area (Å²) in [4.78, 5) is 16.8. The topological polar surface area (TPSA) is 54.0 Å². The number of pyridine rings is 1. The Labute approximate surface area is 155 Å². The van der Waals surface area contributed by atoms with Crippen LogP contribution in [-0.2, 0) is 0 Å². The molecule has 0 aliphatic heterocycles. The fraction of sp³-hybridized carbons (Fsp3) is 0.364. The van der Waals surface area contributed by atoms with Crippen molar-refractivity contribution in [2.75, 3.05) is 17.2 Å². The number of allylic oxidation sites excluding steroid dienone is 1. The minimum atomic E-state index is -0.134. The number of nitrogens with one attached hydrogen (secondary N) is 2. The number of amides is 1. The Morgan fingerprint density at radius 2 is 2.08 bits per heavy atom. The smallest absolute Gasteiger partial charge is 0.257 e. The average molecular weight is 349 g/mol. The Kier molecular flexibility index (Phi) is 6.05. The van der Waals surface area contributed by atoms with Crippen LogP contribution in [0.2, 0.25) is 0 Å². The minimum absolute atomic E-state index is 0.134. The molecule has 1 aromatic heterocycles. The van der Waals surface area contributed by atoms with Crippen molar-refractivity contribution in [3.63, 3.8) is 0 Å². The van der Waals surface area contributed by atoms with E-state index in [1.54, 1.807) is 18.0 Å². The number of anilines is 2. The summed E-state index contributed by atoms with van der Waals surface area (Å²) in [5, 5.41) is 6.37. The fourth-order valence-corrected chi connectivity index (χ4v) is 3.24. The van der Waals surface area contributed by atoms with E-state index in [-0.39, 0.29) is 5.91 Å². The molecule has 4 heteroatoms. The van der Waals surface area contributed by atoms with Crippen LogP contribution in [-0.4, -0.2) is 17.4 Å². The molecule has 2 N–H and O–H groups in total. The number of aromatic nitrogens is 1. The Hall–Kier alpha value is -2.62. The summed E-state index contributed by atoms with van der Waals surface area (Å²) in [6.45, 7) is 4.93. The summed E-state index contributed by atoms with van der Waals surface area (Å²) in [6.07, 6.45) is 11.9. The second kappa shape index (κ2) is 8.65. The fourth-order valence-electron chi connectivity index (χ4n) is 3.24. The molecule has 0 atom stereocenters. The van der Waals surface area contributed by atoms with Crippen molar-refractivity contribution in [2.24, 2.45) is 0 Å². The van der Waals surface area contributed by atoms with Gasteiger partial charge in [0.05, 0.1) is 11.3 Å². The molecular weight excluding hydrogens is 322 g/mol. The molecule has 0 spiro atoms. The number of rotatable bonds is 6. The van der Waals surface area contributed by atoms with Gasteiger partial charge >= 0.3 is 0 Å². The molecule has 0 fully saturated rings. The number of aryl methyl sites for hydroxylation is 1. The van der Waals surface area contributed by atoms with Crippen LogP contribution in [0.3, 0.4) is 0 Å². The molecule has 1 heterocycles. The highest BCUT2D eigenvalue weighted by Crippen LogP contribution is 2.21. The van der Waals surface area contributed by atoms with Crippen molar-refractivity contribution in [1.82, 2.24) is 4.98 Å². The molecule has 1 aliphatic rings. The molecule has 1 amide bonds. The predicted octanol–water partition coefficient (Wildman–Crippen LogP) is 5.25. The zero-order chi connectivity index (χ0) is 18.4. The van der Waals surface area contributed by atoms with Gasteiger partial charge in [-0.25, -0.2) is 0 Å². The van der Waals surface area contributed by atoms with Gasteiger partial charge in [0.1, 0.15) is 0 Å². The van der Waals surface area contributed by atoms with Gasteiger partial charge in [-0.1, -0.05) is 23.8 Å². The van der Waals surface area contributed by atoms with Gasteiger partial charge in [0.2, 0.25) is 0 Å². The summed E-state index contributed by atoms with van der Waals surface area (Å²) in [5.41, 5.74) is 6.08. The average Bonchev–Trinajstić information content (AvgIpc) is 2.66. The van der Waals surface area contributed by atoms with Gasteiger partial charge in [0.15, 0.2) is 0 Å². The SMILES string of the molecule is Cc1cccc(NC(=O)c2cncc(NCCC3=CCCCC3)c2)c1C. The van der Waals surface area contributed by atoms with Crippen LogP contribution < -0.4 is 10.6 Å². The van der Waals surface area contributed by atoms with Crippen molar-refractivity contribution in [3.8, 4) is 0 Å². The second-order valence-corrected chi connectivity index (χ2v) is 6.95.